The number of unbranched alkanes of at least 4 members (excludes halogenated alkanes) is 9. The van der Waals surface area contributed by atoms with Gasteiger partial charge in [-0.2, -0.15) is 0 Å². The van der Waals surface area contributed by atoms with E-state index in [-0.39, 0.29) is 6.42 Å². The molecule has 0 aliphatic carbocycles. The average molecular weight is 517 g/mol. The number of phosphoric ester groups is 1. The van der Waals surface area contributed by atoms with Crippen molar-refractivity contribution in [2.24, 2.45) is 0 Å². The van der Waals surface area contributed by atoms with Crippen LogP contribution in [-0.2, 0) is 28.2 Å². The lowest BCUT2D eigenvalue weighted by atomic mass is 10.1. The van der Waals surface area contributed by atoms with Gasteiger partial charge in [-0.05, 0) is 53.8 Å². The lowest BCUT2D eigenvalue weighted by molar-refractivity contribution is -0.158. The molecule has 0 aromatic rings. The Morgan fingerprint density at radius 3 is 1.89 bits per heavy atom. The number of ether oxygens (including phenoxy) is 2. The average Bonchev–Trinajstić information content (AvgIpc) is 2.83. The van der Waals surface area contributed by atoms with Crippen molar-refractivity contribution in [2.75, 3.05) is 13.2 Å². The zero-order valence-corrected chi connectivity index (χ0v) is 21.5. The molecule has 2 N–H and O–H groups in total. The Labute approximate surface area is 214 Å². The summed E-state index contributed by atoms with van der Waals surface area (Å²) >= 11 is 0. The van der Waals surface area contributed by atoms with Crippen LogP contribution in [0.15, 0.2) is 0 Å². The molecule has 0 heterocycles. The molecule has 0 bridgehead atoms. The van der Waals surface area contributed by atoms with Gasteiger partial charge in [0, 0.05) is 12.3 Å². The first kappa shape index (κ1) is 32.9. The first-order valence-corrected chi connectivity index (χ1v) is 13.3. The monoisotopic (exact) mass is 516 g/mol. The van der Waals surface area contributed by atoms with Gasteiger partial charge >= 0.3 is 19.8 Å². The Hall–Kier alpha value is -3.15. The van der Waals surface area contributed by atoms with Crippen molar-refractivity contribution >= 4 is 19.8 Å². The minimum atomic E-state index is -4.80. The van der Waals surface area contributed by atoms with Crippen molar-refractivity contribution in [1.29, 1.82) is 0 Å². The summed E-state index contributed by atoms with van der Waals surface area (Å²) in [6.07, 6.45) is 15.0. The highest BCUT2D eigenvalue weighted by molar-refractivity contribution is 7.46. The number of hydrogen-bond donors (Lipinski definition) is 2. The molecule has 0 aromatic heterocycles. The lowest BCUT2D eigenvalue weighted by Gasteiger charge is -2.17. The molecule has 0 fully saturated rings. The second kappa shape index (κ2) is 22.3. The molecule has 0 saturated carbocycles. The minimum Gasteiger partial charge on any atom is -0.456 e. The van der Waals surface area contributed by atoms with Gasteiger partial charge in [-0.1, -0.05) is 64.7 Å². The molecule has 0 aliphatic rings. The van der Waals surface area contributed by atoms with Crippen LogP contribution in [0.4, 0.5) is 0 Å². The molecule has 0 radical (unpaired) electrons. The number of carbonyl (C=O) groups is 2. The number of hydrogen-bond acceptors (Lipinski definition) is 6. The van der Waals surface area contributed by atoms with Gasteiger partial charge in [-0.3, -0.25) is 9.32 Å². The Bertz CT molecular complexity index is 1010. The highest BCUT2D eigenvalue weighted by atomic mass is 31.2. The Morgan fingerprint density at radius 2 is 1.33 bits per heavy atom. The predicted molar refractivity (Wildman–Crippen MR) is 135 cm³/mol. The van der Waals surface area contributed by atoms with Crippen molar-refractivity contribution in [1.82, 2.24) is 0 Å². The Kier molecular flexibility index (Phi) is 20.4. The number of carbonyl (C=O) groups excluding carboxylic acids is 2. The van der Waals surface area contributed by atoms with E-state index in [0.29, 0.717) is 6.42 Å². The Balaban J connectivity index is 4.43. The van der Waals surface area contributed by atoms with Gasteiger partial charge in [0.05, 0.1) is 6.61 Å². The van der Waals surface area contributed by atoms with E-state index < -0.39 is 39.1 Å². The van der Waals surface area contributed by atoms with E-state index in [2.05, 4.69) is 64.7 Å². The standard InChI is InChI=1S/C27H33O8P/c1-3-5-7-9-11-13-14-16-18-20-22-27(29)35-25(24-34-36(30,31)32)23-33-26(28)21-19-17-15-12-10-8-6-4-2/h2,25H,3,5,7,9,11,13-14,16,18,20,22-24H2,1H3,(H2,30,31,32)/t25-/m0/s1. The van der Waals surface area contributed by atoms with E-state index in [4.69, 9.17) is 25.7 Å². The molecule has 8 nitrogen and oxygen atoms in total. The number of esters is 2. The van der Waals surface area contributed by atoms with Crippen molar-refractivity contribution in [3.63, 3.8) is 0 Å². The zero-order chi connectivity index (χ0) is 26.9. The van der Waals surface area contributed by atoms with Crippen LogP contribution in [0, 0.1) is 59.7 Å². The molecule has 0 amide bonds. The fourth-order valence-electron chi connectivity index (χ4n) is 2.78. The second-order valence-electron chi connectivity index (χ2n) is 7.57. The maximum Gasteiger partial charge on any atom is 0.469 e. The van der Waals surface area contributed by atoms with Gasteiger partial charge in [0.2, 0.25) is 0 Å². The van der Waals surface area contributed by atoms with Crippen LogP contribution in [0.1, 0.15) is 77.6 Å². The fourth-order valence-corrected chi connectivity index (χ4v) is 3.14. The molecule has 36 heavy (non-hydrogen) atoms. The van der Waals surface area contributed by atoms with Crippen LogP contribution in [0.25, 0.3) is 0 Å². The van der Waals surface area contributed by atoms with Crippen molar-refractivity contribution in [2.45, 2.75) is 83.7 Å². The van der Waals surface area contributed by atoms with E-state index in [1.165, 1.54) is 38.5 Å². The van der Waals surface area contributed by atoms with Crippen LogP contribution >= 0.6 is 7.82 Å². The quantitative estimate of drug-likeness (QED) is 0.0991. The SMILES string of the molecule is C#CC#CC#CC#CC#CC(=O)OC[C@@H](COP(=O)(O)O)OC(=O)CCCCCCCCCCCC. The molecule has 0 aliphatic heterocycles. The maximum absolute atomic E-state index is 12.1. The molecule has 0 unspecified atom stereocenters. The van der Waals surface area contributed by atoms with Crippen molar-refractivity contribution in [3.05, 3.63) is 0 Å². The molecule has 9 heteroatoms. The topological polar surface area (TPSA) is 119 Å². The molecular weight excluding hydrogens is 483 g/mol. The molecular formula is C27H33O8P. The van der Waals surface area contributed by atoms with E-state index in [1.54, 1.807) is 0 Å². The van der Waals surface area contributed by atoms with Crippen LogP contribution in [0.2, 0.25) is 0 Å². The van der Waals surface area contributed by atoms with E-state index in [1.807, 2.05) is 0 Å². The molecule has 0 saturated heterocycles. The lowest BCUT2D eigenvalue weighted by Crippen LogP contribution is -2.29. The summed E-state index contributed by atoms with van der Waals surface area (Å²) in [4.78, 5) is 41.6. The van der Waals surface area contributed by atoms with Crippen LogP contribution in [-0.4, -0.2) is 41.0 Å². The highest BCUT2D eigenvalue weighted by Crippen LogP contribution is 2.35. The zero-order valence-electron chi connectivity index (χ0n) is 20.6. The Morgan fingerprint density at radius 1 is 0.806 bits per heavy atom. The van der Waals surface area contributed by atoms with E-state index in [9.17, 15) is 14.2 Å². The van der Waals surface area contributed by atoms with Crippen LogP contribution < -0.4 is 0 Å². The van der Waals surface area contributed by atoms with Crippen LogP contribution in [0.3, 0.4) is 0 Å². The summed E-state index contributed by atoms with van der Waals surface area (Å²) in [7, 11) is -4.80. The number of terminal acetylenes is 1. The van der Waals surface area contributed by atoms with Crippen LogP contribution in [0.5, 0.6) is 0 Å². The normalized spacial score (nSPS) is 10.4. The van der Waals surface area contributed by atoms with Gasteiger partial charge < -0.3 is 19.3 Å². The van der Waals surface area contributed by atoms with Gasteiger partial charge in [0.25, 0.3) is 0 Å². The van der Waals surface area contributed by atoms with E-state index in [0.717, 1.165) is 19.3 Å². The summed E-state index contributed by atoms with van der Waals surface area (Å²) in [6.45, 7) is 1.05. The molecule has 1 atom stereocenters. The highest BCUT2D eigenvalue weighted by Gasteiger charge is 2.22. The second-order valence-corrected chi connectivity index (χ2v) is 8.81. The predicted octanol–water partition coefficient (Wildman–Crippen LogP) is 3.51. The molecule has 0 aromatic carbocycles. The van der Waals surface area contributed by atoms with E-state index >= 15 is 0 Å². The van der Waals surface area contributed by atoms with Gasteiger partial charge in [-0.25, -0.2) is 9.36 Å². The maximum atomic E-state index is 12.1. The summed E-state index contributed by atoms with van der Waals surface area (Å²) < 4.78 is 25.4. The summed E-state index contributed by atoms with van der Waals surface area (Å²) in [6, 6.07) is 0. The molecule has 0 rings (SSSR count). The smallest absolute Gasteiger partial charge is 0.456 e. The van der Waals surface area contributed by atoms with Gasteiger partial charge in [0.15, 0.2) is 6.10 Å². The summed E-state index contributed by atoms with van der Waals surface area (Å²) in [5.41, 5.74) is 0. The fraction of sp³-hybridized carbons (Fsp3) is 0.556. The first-order chi connectivity index (χ1) is 17.3. The number of rotatable bonds is 17. The first-order valence-electron chi connectivity index (χ1n) is 11.8. The third-order valence-corrected chi connectivity index (χ3v) is 4.96. The molecule has 0 spiro atoms. The van der Waals surface area contributed by atoms with Crippen molar-refractivity contribution < 1.29 is 37.9 Å². The van der Waals surface area contributed by atoms with Crippen molar-refractivity contribution in [3.8, 4) is 59.7 Å². The summed E-state index contributed by atoms with van der Waals surface area (Å²) in [5, 5.41) is 0. The molecule has 194 valence electrons. The third kappa shape index (κ3) is 24.0. The third-order valence-electron chi connectivity index (χ3n) is 4.47. The number of phosphoric acid groups is 1. The van der Waals surface area contributed by atoms with Gasteiger partial charge in [0.1, 0.15) is 6.61 Å². The largest absolute Gasteiger partial charge is 0.469 e. The minimum absolute atomic E-state index is 0.138. The summed E-state index contributed by atoms with van der Waals surface area (Å²) in [5.74, 6) is 18.8. The van der Waals surface area contributed by atoms with Gasteiger partial charge in [-0.15, -0.1) is 6.42 Å².